The standard InChI is InChI=1S/C9H15N5O2/c1-9(16)3-2-4-14(5-9)7(15)6-11-8(10)13-12-6/h16H,2-5H2,1H3,(H3,10,11,12,13). The molecule has 4 N–H and O–H groups in total. The van der Waals surface area contributed by atoms with Crippen molar-refractivity contribution in [3.05, 3.63) is 5.82 Å². The van der Waals surface area contributed by atoms with Gasteiger partial charge in [-0.25, -0.2) is 0 Å². The van der Waals surface area contributed by atoms with Crippen LogP contribution in [-0.4, -0.2) is 49.8 Å². The van der Waals surface area contributed by atoms with E-state index in [1.54, 1.807) is 11.8 Å². The Morgan fingerprint density at radius 2 is 2.44 bits per heavy atom. The molecule has 0 aliphatic carbocycles. The van der Waals surface area contributed by atoms with Crippen LogP contribution in [0.5, 0.6) is 0 Å². The first kappa shape index (κ1) is 10.9. The van der Waals surface area contributed by atoms with Crippen molar-refractivity contribution in [1.29, 1.82) is 0 Å². The van der Waals surface area contributed by atoms with Crippen LogP contribution in [0.25, 0.3) is 0 Å². The first-order valence-corrected chi connectivity index (χ1v) is 5.17. The molecule has 7 heteroatoms. The van der Waals surface area contributed by atoms with Gasteiger partial charge in [-0.15, -0.1) is 5.10 Å². The molecule has 2 heterocycles. The summed E-state index contributed by atoms with van der Waals surface area (Å²) < 4.78 is 0. The fraction of sp³-hybridized carbons (Fsp3) is 0.667. The number of hydrogen-bond donors (Lipinski definition) is 3. The topological polar surface area (TPSA) is 108 Å². The van der Waals surface area contributed by atoms with Gasteiger partial charge in [-0.3, -0.25) is 9.89 Å². The molecular formula is C9H15N5O2. The fourth-order valence-electron chi connectivity index (χ4n) is 1.91. The summed E-state index contributed by atoms with van der Waals surface area (Å²) in [5, 5.41) is 16.0. The summed E-state index contributed by atoms with van der Waals surface area (Å²) in [7, 11) is 0. The van der Waals surface area contributed by atoms with E-state index < -0.39 is 5.60 Å². The van der Waals surface area contributed by atoms with Crippen molar-refractivity contribution in [3.63, 3.8) is 0 Å². The minimum absolute atomic E-state index is 0.0483. The number of nitrogen functional groups attached to an aromatic ring is 1. The Kier molecular flexibility index (Phi) is 2.55. The van der Waals surface area contributed by atoms with Gasteiger partial charge in [0.15, 0.2) is 0 Å². The minimum Gasteiger partial charge on any atom is -0.388 e. The average molecular weight is 225 g/mol. The summed E-state index contributed by atoms with van der Waals surface area (Å²) in [6.45, 7) is 2.66. The van der Waals surface area contributed by atoms with E-state index in [0.29, 0.717) is 19.5 Å². The van der Waals surface area contributed by atoms with Gasteiger partial charge in [0, 0.05) is 13.1 Å². The zero-order valence-electron chi connectivity index (χ0n) is 9.10. The summed E-state index contributed by atoms with van der Waals surface area (Å²) in [6, 6.07) is 0. The summed E-state index contributed by atoms with van der Waals surface area (Å²) in [4.78, 5) is 17.3. The molecule has 1 unspecified atom stereocenters. The molecular weight excluding hydrogens is 210 g/mol. The van der Waals surface area contributed by atoms with Gasteiger partial charge in [0.2, 0.25) is 11.8 Å². The highest BCUT2D eigenvalue weighted by Gasteiger charge is 2.32. The van der Waals surface area contributed by atoms with E-state index in [9.17, 15) is 9.90 Å². The highest BCUT2D eigenvalue weighted by molar-refractivity contribution is 5.90. The molecule has 16 heavy (non-hydrogen) atoms. The number of nitrogens with one attached hydrogen (secondary N) is 1. The number of rotatable bonds is 1. The number of aliphatic hydroxyl groups is 1. The van der Waals surface area contributed by atoms with E-state index in [1.807, 2.05) is 0 Å². The Hall–Kier alpha value is -1.63. The lowest BCUT2D eigenvalue weighted by Crippen LogP contribution is -2.48. The van der Waals surface area contributed by atoms with Crippen molar-refractivity contribution in [2.75, 3.05) is 18.8 Å². The predicted octanol–water partition coefficient (Wildman–Crippen LogP) is -0.626. The summed E-state index contributed by atoms with van der Waals surface area (Å²) in [5.74, 6) is -0.105. The molecule has 2 rings (SSSR count). The molecule has 1 aromatic heterocycles. The highest BCUT2D eigenvalue weighted by Crippen LogP contribution is 2.21. The summed E-state index contributed by atoms with van der Waals surface area (Å²) in [5.41, 5.74) is 4.51. The number of nitrogens with two attached hydrogens (primary N) is 1. The van der Waals surface area contributed by atoms with E-state index in [2.05, 4.69) is 15.2 Å². The van der Waals surface area contributed by atoms with Crippen LogP contribution in [0.2, 0.25) is 0 Å². The predicted molar refractivity (Wildman–Crippen MR) is 56.6 cm³/mol. The lowest BCUT2D eigenvalue weighted by molar-refractivity contribution is -0.0111. The third-order valence-corrected chi connectivity index (χ3v) is 2.67. The van der Waals surface area contributed by atoms with Crippen LogP contribution >= 0.6 is 0 Å². The second-order valence-electron chi connectivity index (χ2n) is 4.37. The third-order valence-electron chi connectivity index (χ3n) is 2.67. The monoisotopic (exact) mass is 225 g/mol. The maximum atomic E-state index is 11.9. The Balaban J connectivity index is 2.10. The Bertz CT molecular complexity index is 400. The van der Waals surface area contributed by atoms with E-state index in [1.165, 1.54) is 0 Å². The molecule has 1 fully saturated rings. The smallest absolute Gasteiger partial charge is 0.291 e. The normalized spacial score (nSPS) is 25.8. The van der Waals surface area contributed by atoms with Gasteiger partial charge in [-0.1, -0.05) is 0 Å². The first-order chi connectivity index (χ1) is 7.48. The van der Waals surface area contributed by atoms with Crippen molar-refractivity contribution in [3.8, 4) is 0 Å². The van der Waals surface area contributed by atoms with Gasteiger partial charge in [-0.2, -0.15) is 4.98 Å². The number of piperidine rings is 1. The number of hydrogen-bond acceptors (Lipinski definition) is 5. The van der Waals surface area contributed by atoms with Gasteiger partial charge in [0.05, 0.1) is 5.60 Å². The number of carbonyl (C=O) groups excluding carboxylic acids is 1. The number of aromatic amines is 1. The van der Waals surface area contributed by atoms with Crippen LogP contribution < -0.4 is 5.73 Å². The number of carbonyl (C=O) groups is 1. The molecule has 1 aliphatic rings. The quantitative estimate of drug-likeness (QED) is 0.590. The molecule has 0 saturated carbocycles. The molecule has 1 atom stereocenters. The zero-order valence-corrected chi connectivity index (χ0v) is 9.10. The van der Waals surface area contributed by atoms with Gasteiger partial charge in [0.1, 0.15) is 0 Å². The van der Waals surface area contributed by atoms with Crippen molar-refractivity contribution in [2.45, 2.75) is 25.4 Å². The molecule has 1 amide bonds. The lowest BCUT2D eigenvalue weighted by Gasteiger charge is -2.36. The van der Waals surface area contributed by atoms with Crippen molar-refractivity contribution in [2.24, 2.45) is 0 Å². The first-order valence-electron chi connectivity index (χ1n) is 5.17. The van der Waals surface area contributed by atoms with Crippen LogP contribution in [0.4, 0.5) is 5.95 Å². The second-order valence-corrected chi connectivity index (χ2v) is 4.37. The van der Waals surface area contributed by atoms with Gasteiger partial charge >= 0.3 is 0 Å². The number of H-pyrrole nitrogens is 1. The molecule has 0 spiro atoms. The zero-order chi connectivity index (χ0) is 11.8. The Labute approximate surface area is 92.7 Å². The van der Waals surface area contributed by atoms with E-state index >= 15 is 0 Å². The van der Waals surface area contributed by atoms with Gasteiger partial charge in [0.25, 0.3) is 5.91 Å². The molecule has 1 aliphatic heterocycles. The fourth-order valence-corrected chi connectivity index (χ4v) is 1.91. The number of anilines is 1. The lowest BCUT2D eigenvalue weighted by atomic mass is 9.95. The number of nitrogens with zero attached hydrogens (tertiary/aromatic N) is 3. The van der Waals surface area contributed by atoms with Crippen LogP contribution in [-0.2, 0) is 0 Å². The maximum Gasteiger partial charge on any atom is 0.291 e. The number of amides is 1. The summed E-state index contributed by atoms with van der Waals surface area (Å²) in [6.07, 6.45) is 1.48. The largest absolute Gasteiger partial charge is 0.388 e. The van der Waals surface area contributed by atoms with Crippen LogP contribution in [0, 0.1) is 0 Å². The molecule has 1 saturated heterocycles. The number of aromatic nitrogens is 3. The molecule has 0 radical (unpaired) electrons. The van der Waals surface area contributed by atoms with E-state index in [4.69, 9.17) is 5.73 Å². The van der Waals surface area contributed by atoms with Crippen LogP contribution in [0.15, 0.2) is 0 Å². The number of likely N-dealkylation sites (tertiary alicyclic amines) is 1. The Morgan fingerprint density at radius 3 is 3.00 bits per heavy atom. The highest BCUT2D eigenvalue weighted by atomic mass is 16.3. The molecule has 7 nitrogen and oxygen atoms in total. The molecule has 88 valence electrons. The van der Waals surface area contributed by atoms with Gasteiger partial charge in [-0.05, 0) is 19.8 Å². The Morgan fingerprint density at radius 1 is 1.69 bits per heavy atom. The SMILES string of the molecule is CC1(O)CCCN(C(=O)c2nc(N)n[nH]2)C1. The third kappa shape index (κ3) is 2.13. The molecule has 0 bridgehead atoms. The minimum atomic E-state index is -0.820. The van der Waals surface area contributed by atoms with Crippen LogP contribution in [0.1, 0.15) is 30.4 Å². The van der Waals surface area contributed by atoms with Crippen LogP contribution in [0.3, 0.4) is 0 Å². The maximum absolute atomic E-state index is 11.9. The molecule has 1 aromatic rings. The van der Waals surface area contributed by atoms with Gasteiger partial charge < -0.3 is 15.7 Å². The van der Waals surface area contributed by atoms with Crippen molar-refractivity contribution in [1.82, 2.24) is 20.1 Å². The second kappa shape index (κ2) is 3.75. The molecule has 0 aromatic carbocycles. The number of β-amino-alcohol motifs (C(OH)–C–C–N with tert-alkyl or cyclic N) is 1. The average Bonchev–Trinajstić information content (AvgIpc) is 2.62. The van der Waals surface area contributed by atoms with Crippen molar-refractivity contribution >= 4 is 11.9 Å². The summed E-state index contributed by atoms with van der Waals surface area (Å²) >= 11 is 0. The van der Waals surface area contributed by atoms with Crippen molar-refractivity contribution < 1.29 is 9.90 Å². The van der Waals surface area contributed by atoms with E-state index in [0.717, 1.165) is 6.42 Å². The van der Waals surface area contributed by atoms with E-state index in [-0.39, 0.29) is 17.7 Å².